The Morgan fingerprint density at radius 3 is 2.33 bits per heavy atom. The highest BCUT2D eigenvalue weighted by Gasteiger charge is 2.20. The molecular weight excluding hydrogens is 442 g/mol. The van der Waals surface area contributed by atoms with Gasteiger partial charge in [0.1, 0.15) is 0 Å². The molecule has 0 bridgehead atoms. The number of carbonyl (C=O) groups excluding carboxylic acids is 2. The van der Waals surface area contributed by atoms with Crippen LogP contribution in [0.3, 0.4) is 0 Å². The molecule has 2 aromatic rings. The van der Waals surface area contributed by atoms with Crippen LogP contribution in [0.1, 0.15) is 43.1 Å². The van der Waals surface area contributed by atoms with Gasteiger partial charge in [0.15, 0.2) is 0 Å². The quantitative estimate of drug-likeness (QED) is 0.643. The number of anilines is 1. The molecule has 0 spiro atoms. The van der Waals surface area contributed by atoms with Gasteiger partial charge in [-0.1, -0.05) is 39.0 Å². The number of hydrogen-bond donors (Lipinski definition) is 2. The summed E-state index contributed by atoms with van der Waals surface area (Å²) in [7, 11) is -3.71. The maximum Gasteiger partial charge on any atom is 0.254 e. The number of hydrogen-bond acceptors (Lipinski definition) is 5. The largest absolute Gasteiger partial charge is 0.378 e. The van der Waals surface area contributed by atoms with Crippen LogP contribution in [0.2, 0.25) is 0 Å². The maximum absolute atomic E-state index is 12.6. The van der Waals surface area contributed by atoms with E-state index in [1.54, 1.807) is 53.4 Å². The smallest absolute Gasteiger partial charge is 0.254 e. The van der Waals surface area contributed by atoms with E-state index in [-0.39, 0.29) is 35.1 Å². The van der Waals surface area contributed by atoms with Crippen molar-refractivity contribution >= 4 is 27.5 Å². The van der Waals surface area contributed by atoms with Crippen molar-refractivity contribution in [2.24, 2.45) is 0 Å². The first kappa shape index (κ1) is 24.9. The number of nitrogens with one attached hydrogen (secondary N) is 2. The first-order chi connectivity index (χ1) is 15.6. The number of rotatable bonds is 7. The van der Waals surface area contributed by atoms with E-state index in [1.165, 1.54) is 0 Å². The van der Waals surface area contributed by atoms with Gasteiger partial charge >= 0.3 is 0 Å². The van der Waals surface area contributed by atoms with Gasteiger partial charge in [0.25, 0.3) is 5.91 Å². The van der Waals surface area contributed by atoms with Crippen molar-refractivity contribution in [3.05, 3.63) is 59.7 Å². The van der Waals surface area contributed by atoms with Gasteiger partial charge in [-0.05, 0) is 41.3 Å². The van der Waals surface area contributed by atoms with E-state index < -0.39 is 10.0 Å². The van der Waals surface area contributed by atoms with Crippen LogP contribution < -0.4 is 10.0 Å². The standard InChI is InChI=1S/C24H31N3O5S/c1-24(2,3)19-7-9-21(10-8-19)33(30,31)25-12-11-22(28)26-20-6-4-5-18(17-20)23(29)27-13-15-32-16-14-27/h4-10,17,25H,11-16H2,1-3H3,(H,26,28). The number of nitrogens with zero attached hydrogens (tertiary/aromatic N) is 1. The van der Waals surface area contributed by atoms with Crippen LogP contribution in [0.4, 0.5) is 5.69 Å². The summed E-state index contributed by atoms with van der Waals surface area (Å²) in [6, 6.07) is 13.4. The summed E-state index contributed by atoms with van der Waals surface area (Å²) in [5.74, 6) is -0.462. The molecule has 33 heavy (non-hydrogen) atoms. The second-order valence-electron chi connectivity index (χ2n) is 8.96. The van der Waals surface area contributed by atoms with Gasteiger partial charge in [0.2, 0.25) is 15.9 Å². The Balaban J connectivity index is 1.52. The first-order valence-corrected chi connectivity index (χ1v) is 12.4. The molecule has 9 heteroatoms. The molecule has 8 nitrogen and oxygen atoms in total. The molecule has 0 atom stereocenters. The molecule has 178 valence electrons. The average molecular weight is 474 g/mol. The highest BCUT2D eigenvalue weighted by molar-refractivity contribution is 7.89. The molecule has 2 amide bonds. The summed E-state index contributed by atoms with van der Waals surface area (Å²) in [6.45, 7) is 8.23. The monoisotopic (exact) mass is 473 g/mol. The third-order valence-electron chi connectivity index (χ3n) is 5.37. The molecule has 1 heterocycles. The molecule has 0 saturated carbocycles. The minimum Gasteiger partial charge on any atom is -0.378 e. The molecule has 1 aliphatic rings. The third-order valence-corrected chi connectivity index (χ3v) is 6.84. The number of amides is 2. The summed E-state index contributed by atoms with van der Waals surface area (Å²) in [4.78, 5) is 26.8. The Hall–Kier alpha value is -2.75. The van der Waals surface area contributed by atoms with Gasteiger partial charge in [-0.2, -0.15) is 0 Å². The molecule has 0 aliphatic carbocycles. The summed E-state index contributed by atoms with van der Waals surface area (Å²) in [5.41, 5.74) is 1.93. The number of sulfonamides is 1. The van der Waals surface area contributed by atoms with Crippen LogP contribution in [0, 0.1) is 0 Å². The molecule has 1 aliphatic heterocycles. The van der Waals surface area contributed by atoms with Crippen molar-refractivity contribution in [1.29, 1.82) is 0 Å². The predicted molar refractivity (Wildman–Crippen MR) is 127 cm³/mol. The van der Waals surface area contributed by atoms with Crippen molar-refractivity contribution in [3.8, 4) is 0 Å². The fourth-order valence-corrected chi connectivity index (χ4v) is 4.45. The highest BCUT2D eigenvalue weighted by atomic mass is 32.2. The zero-order valence-electron chi connectivity index (χ0n) is 19.3. The van der Waals surface area contributed by atoms with E-state index in [0.717, 1.165) is 5.56 Å². The van der Waals surface area contributed by atoms with Crippen LogP contribution in [-0.4, -0.2) is 58.0 Å². The number of ether oxygens (including phenoxy) is 1. The topological polar surface area (TPSA) is 105 Å². The first-order valence-electron chi connectivity index (χ1n) is 10.9. The Kier molecular flexibility index (Phi) is 7.88. The Morgan fingerprint density at radius 1 is 1.03 bits per heavy atom. The lowest BCUT2D eigenvalue weighted by atomic mass is 9.87. The fourth-order valence-electron chi connectivity index (χ4n) is 3.42. The zero-order valence-corrected chi connectivity index (χ0v) is 20.1. The van der Waals surface area contributed by atoms with E-state index >= 15 is 0 Å². The number of benzene rings is 2. The van der Waals surface area contributed by atoms with Gasteiger partial charge < -0.3 is 15.0 Å². The van der Waals surface area contributed by atoms with Gasteiger partial charge in [0.05, 0.1) is 18.1 Å². The van der Waals surface area contributed by atoms with Crippen LogP contribution in [-0.2, 0) is 25.0 Å². The molecule has 1 saturated heterocycles. The van der Waals surface area contributed by atoms with Crippen molar-refractivity contribution in [1.82, 2.24) is 9.62 Å². The van der Waals surface area contributed by atoms with E-state index in [0.29, 0.717) is 37.6 Å². The Morgan fingerprint density at radius 2 is 1.70 bits per heavy atom. The van der Waals surface area contributed by atoms with Crippen molar-refractivity contribution in [2.45, 2.75) is 37.5 Å². The normalized spacial score (nSPS) is 14.7. The lowest BCUT2D eigenvalue weighted by Crippen LogP contribution is -2.40. The summed E-state index contributed by atoms with van der Waals surface area (Å²) in [6.07, 6.45) is -0.0407. The van der Waals surface area contributed by atoms with E-state index in [2.05, 4.69) is 30.8 Å². The van der Waals surface area contributed by atoms with E-state index in [1.807, 2.05) is 0 Å². The zero-order chi connectivity index (χ0) is 24.1. The molecule has 0 radical (unpaired) electrons. The van der Waals surface area contributed by atoms with Crippen LogP contribution >= 0.6 is 0 Å². The fraction of sp³-hybridized carbons (Fsp3) is 0.417. The molecule has 0 unspecified atom stereocenters. The van der Waals surface area contributed by atoms with Crippen LogP contribution in [0.5, 0.6) is 0 Å². The summed E-state index contributed by atoms with van der Waals surface area (Å²) < 4.78 is 32.8. The summed E-state index contributed by atoms with van der Waals surface area (Å²) in [5, 5.41) is 2.72. The van der Waals surface area contributed by atoms with Crippen molar-refractivity contribution < 1.29 is 22.7 Å². The van der Waals surface area contributed by atoms with E-state index in [9.17, 15) is 18.0 Å². The van der Waals surface area contributed by atoms with Crippen LogP contribution in [0.15, 0.2) is 53.4 Å². The Labute approximate surface area is 195 Å². The SMILES string of the molecule is CC(C)(C)c1ccc(S(=O)(=O)NCCC(=O)Nc2cccc(C(=O)N3CCOCC3)c2)cc1. The van der Waals surface area contributed by atoms with Gasteiger partial charge in [-0.3, -0.25) is 9.59 Å². The molecule has 2 N–H and O–H groups in total. The third kappa shape index (κ3) is 6.86. The summed E-state index contributed by atoms with van der Waals surface area (Å²) >= 11 is 0. The lowest BCUT2D eigenvalue weighted by molar-refractivity contribution is -0.116. The maximum atomic E-state index is 12.6. The molecular formula is C24H31N3O5S. The highest BCUT2D eigenvalue weighted by Crippen LogP contribution is 2.23. The second-order valence-corrected chi connectivity index (χ2v) is 10.7. The van der Waals surface area contributed by atoms with Crippen LogP contribution in [0.25, 0.3) is 0 Å². The number of morpholine rings is 1. The van der Waals surface area contributed by atoms with Crippen molar-refractivity contribution in [2.75, 3.05) is 38.2 Å². The van der Waals surface area contributed by atoms with Crippen molar-refractivity contribution in [3.63, 3.8) is 0 Å². The van der Waals surface area contributed by atoms with Gasteiger partial charge in [-0.15, -0.1) is 0 Å². The minimum atomic E-state index is -3.71. The van der Waals surface area contributed by atoms with Gasteiger partial charge in [-0.25, -0.2) is 13.1 Å². The van der Waals surface area contributed by atoms with E-state index in [4.69, 9.17) is 4.74 Å². The predicted octanol–water partition coefficient (Wildman–Crippen LogP) is 2.76. The molecule has 3 rings (SSSR count). The average Bonchev–Trinajstić information content (AvgIpc) is 2.78. The minimum absolute atomic E-state index is 0.0401. The van der Waals surface area contributed by atoms with Gasteiger partial charge in [0, 0.05) is 37.3 Å². The lowest BCUT2D eigenvalue weighted by Gasteiger charge is -2.27. The second kappa shape index (κ2) is 10.5. The number of carbonyl (C=O) groups is 2. The molecule has 1 fully saturated rings. The Bertz CT molecular complexity index is 1090. The molecule has 0 aromatic heterocycles. The molecule has 2 aromatic carbocycles.